The van der Waals surface area contributed by atoms with Gasteiger partial charge in [0, 0.05) is 18.8 Å². The molecule has 0 aromatic heterocycles. The summed E-state index contributed by atoms with van der Waals surface area (Å²) in [6.45, 7) is 6.42. The van der Waals surface area contributed by atoms with E-state index in [0.717, 1.165) is 31.5 Å². The summed E-state index contributed by atoms with van der Waals surface area (Å²) >= 11 is 0. The molecule has 5 heteroatoms. The highest BCUT2D eigenvalue weighted by Gasteiger charge is 2.13. The van der Waals surface area contributed by atoms with E-state index in [1.807, 2.05) is 12.1 Å². The first kappa shape index (κ1) is 16.5. The molecule has 0 saturated heterocycles. The number of hydrogen-bond acceptors (Lipinski definition) is 4. The topological polar surface area (TPSA) is 78.6 Å². The number of amides is 1. The third kappa shape index (κ3) is 4.83. The Morgan fingerprint density at radius 3 is 2.25 bits per heavy atom. The highest BCUT2D eigenvalue weighted by molar-refractivity contribution is 5.80. The lowest BCUT2D eigenvalue weighted by atomic mass is 10.1. The molecule has 0 spiro atoms. The number of rotatable bonds is 8. The van der Waals surface area contributed by atoms with Crippen LogP contribution in [0, 0.1) is 0 Å². The van der Waals surface area contributed by atoms with Gasteiger partial charge in [-0.15, -0.1) is 0 Å². The summed E-state index contributed by atoms with van der Waals surface area (Å²) in [6, 6.07) is 7.36. The first-order valence-electron chi connectivity index (χ1n) is 7.15. The second-order valence-electron chi connectivity index (χ2n) is 4.94. The molecule has 4 N–H and O–H groups in total. The van der Waals surface area contributed by atoms with Gasteiger partial charge in [0.05, 0.1) is 6.04 Å². The molecule has 1 unspecified atom stereocenters. The van der Waals surface area contributed by atoms with Gasteiger partial charge in [-0.05, 0) is 37.0 Å². The van der Waals surface area contributed by atoms with Crippen LogP contribution in [0.4, 0.5) is 5.69 Å². The number of nitrogens with zero attached hydrogens (tertiary/aromatic N) is 1. The maximum Gasteiger partial charge on any atom is 0.260 e. The quantitative estimate of drug-likeness (QED) is 0.500. The number of hydroxylamine groups is 1. The summed E-state index contributed by atoms with van der Waals surface area (Å²) < 4.78 is 0. The molecule has 1 amide bonds. The molecule has 112 valence electrons. The molecule has 5 nitrogen and oxygen atoms in total. The Morgan fingerprint density at radius 2 is 1.80 bits per heavy atom. The normalized spacial score (nSPS) is 12.0. The summed E-state index contributed by atoms with van der Waals surface area (Å²) in [6.07, 6.45) is 2.64. The van der Waals surface area contributed by atoms with Crippen LogP contribution in [-0.4, -0.2) is 30.2 Å². The van der Waals surface area contributed by atoms with Crippen LogP contribution >= 0.6 is 0 Å². The minimum absolute atomic E-state index is 0.411. The van der Waals surface area contributed by atoms with Crippen molar-refractivity contribution in [3.05, 3.63) is 29.8 Å². The largest absolute Gasteiger partial charge is 0.372 e. The van der Waals surface area contributed by atoms with Gasteiger partial charge in [0.15, 0.2) is 0 Å². The van der Waals surface area contributed by atoms with E-state index in [0.29, 0.717) is 6.42 Å². The zero-order valence-corrected chi connectivity index (χ0v) is 12.3. The van der Waals surface area contributed by atoms with E-state index in [4.69, 9.17) is 10.9 Å². The van der Waals surface area contributed by atoms with Crippen LogP contribution in [0.25, 0.3) is 0 Å². The van der Waals surface area contributed by atoms with E-state index in [9.17, 15) is 4.79 Å². The lowest BCUT2D eigenvalue weighted by Gasteiger charge is -2.24. The first-order valence-corrected chi connectivity index (χ1v) is 7.15. The standard InChI is InChI=1S/C15H25N3O2/c1-3-9-18(10-4-2)13-7-5-12(6-8-13)11-14(16)15(19)17-20/h5-8,14,20H,3-4,9-11,16H2,1-2H3,(H,17,19). The molecule has 20 heavy (non-hydrogen) atoms. The Balaban J connectivity index is 2.69. The van der Waals surface area contributed by atoms with Crippen LogP contribution in [0.5, 0.6) is 0 Å². The third-order valence-corrected chi connectivity index (χ3v) is 3.19. The molecule has 1 aromatic carbocycles. The number of benzene rings is 1. The van der Waals surface area contributed by atoms with Crippen molar-refractivity contribution in [1.29, 1.82) is 0 Å². The van der Waals surface area contributed by atoms with E-state index >= 15 is 0 Å². The number of nitrogens with two attached hydrogens (primary N) is 1. The Labute approximate surface area is 120 Å². The maximum atomic E-state index is 11.2. The number of carbonyl (C=O) groups excluding carboxylic acids is 1. The van der Waals surface area contributed by atoms with Crippen molar-refractivity contribution in [2.75, 3.05) is 18.0 Å². The van der Waals surface area contributed by atoms with Gasteiger partial charge in [0.1, 0.15) is 0 Å². The summed E-state index contributed by atoms with van der Waals surface area (Å²) in [5, 5.41) is 8.53. The lowest BCUT2D eigenvalue weighted by molar-refractivity contribution is -0.130. The average Bonchev–Trinajstić information content (AvgIpc) is 2.47. The van der Waals surface area contributed by atoms with Gasteiger partial charge in [-0.1, -0.05) is 26.0 Å². The van der Waals surface area contributed by atoms with Crippen LogP contribution < -0.4 is 16.1 Å². The predicted molar refractivity (Wildman–Crippen MR) is 80.8 cm³/mol. The van der Waals surface area contributed by atoms with Crippen molar-refractivity contribution < 1.29 is 10.0 Å². The van der Waals surface area contributed by atoms with Gasteiger partial charge in [-0.3, -0.25) is 10.0 Å². The van der Waals surface area contributed by atoms with E-state index in [1.54, 1.807) is 5.48 Å². The minimum Gasteiger partial charge on any atom is -0.372 e. The van der Waals surface area contributed by atoms with Crippen LogP contribution in [0.2, 0.25) is 0 Å². The van der Waals surface area contributed by atoms with Gasteiger partial charge >= 0.3 is 0 Å². The smallest absolute Gasteiger partial charge is 0.260 e. The molecule has 0 aliphatic carbocycles. The number of anilines is 1. The Bertz CT molecular complexity index is 400. The fourth-order valence-electron chi connectivity index (χ4n) is 2.18. The minimum atomic E-state index is -0.728. The van der Waals surface area contributed by atoms with Crippen LogP contribution in [0.15, 0.2) is 24.3 Å². The van der Waals surface area contributed by atoms with Gasteiger partial charge in [-0.2, -0.15) is 0 Å². The average molecular weight is 279 g/mol. The van der Waals surface area contributed by atoms with Crippen LogP contribution in [-0.2, 0) is 11.2 Å². The van der Waals surface area contributed by atoms with Gasteiger partial charge in [0.25, 0.3) is 5.91 Å². The molecule has 1 aromatic rings. The molecule has 0 radical (unpaired) electrons. The fourth-order valence-corrected chi connectivity index (χ4v) is 2.18. The van der Waals surface area contributed by atoms with Gasteiger partial charge in [-0.25, -0.2) is 5.48 Å². The summed E-state index contributed by atoms with van der Waals surface area (Å²) in [5.41, 5.74) is 9.42. The summed E-state index contributed by atoms with van der Waals surface area (Å²) in [5.74, 6) is -0.562. The van der Waals surface area contributed by atoms with Gasteiger partial charge < -0.3 is 10.6 Å². The number of nitrogens with one attached hydrogen (secondary N) is 1. The first-order chi connectivity index (χ1) is 9.62. The zero-order valence-electron chi connectivity index (χ0n) is 12.3. The number of hydrogen-bond donors (Lipinski definition) is 3. The van der Waals surface area contributed by atoms with Crippen LogP contribution in [0.3, 0.4) is 0 Å². The highest BCUT2D eigenvalue weighted by atomic mass is 16.5. The second kappa shape index (κ2) is 8.55. The van der Waals surface area contributed by atoms with E-state index in [1.165, 1.54) is 5.69 Å². The molecule has 1 atom stereocenters. The van der Waals surface area contributed by atoms with Crippen molar-refractivity contribution in [3.8, 4) is 0 Å². The Kier molecular flexibility index (Phi) is 7.04. The van der Waals surface area contributed by atoms with Crippen LogP contribution in [0.1, 0.15) is 32.3 Å². The fraction of sp³-hybridized carbons (Fsp3) is 0.533. The SMILES string of the molecule is CCCN(CCC)c1ccc(CC(N)C(=O)NO)cc1. The van der Waals surface area contributed by atoms with E-state index in [-0.39, 0.29) is 0 Å². The van der Waals surface area contributed by atoms with E-state index < -0.39 is 11.9 Å². The van der Waals surface area contributed by atoms with Crippen molar-refractivity contribution >= 4 is 11.6 Å². The molecule has 0 fully saturated rings. The monoisotopic (exact) mass is 279 g/mol. The van der Waals surface area contributed by atoms with Crippen molar-refractivity contribution in [3.63, 3.8) is 0 Å². The Morgan fingerprint density at radius 1 is 1.25 bits per heavy atom. The molecular weight excluding hydrogens is 254 g/mol. The molecule has 0 aliphatic rings. The molecule has 0 saturated carbocycles. The molecule has 0 heterocycles. The third-order valence-electron chi connectivity index (χ3n) is 3.19. The highest BCUT2D eigenvalue weighted by Crippen LogP contribution is 2.17. The summed E-state index contributed by atoms with van der Waals surface area (Å²) in [4.78, 5) is 13.5. The van der Waals surface area contributed by atoms with E-state index in [2.05, 4.69) is 30.9 Å². The van der Waals surface area contributed by atoms with Crippen molar-refractivity contribution in [2.45, 2.75) is 39.2 Å². The van der Waals surface area contributed by atoms with Gasteiger partial charge in [0.2, 0.25) is 0 Å². The Hall–Kier alpha value is -1.59. The maximum absolute atomic E-state index is 11.2. The lowest BCUT2D eigenvalue weighted by Crippen LogP contribution is -2.40. The summed E-state index contributed by atoms with van der Waals surface area (Å²) in [7, 11) is 0. The predicted octanol–water partition coefficient (Wildman–Crippen LogP) is 1.69. The molecule has 1 rings (SSSR count). The molecule has 0 bridgehead atoms. The number of carbonyl (C=O) groups is 1. The van der Waals surface area contributed by atoms with Crippen molar-refractivity contribution in [2.24, 2.45) is 5.73 Å². The molecular formula is C15H25N3O2. The second-order valence-corrected chi connectivity index (χ2v) is 4.94. The molecule has 0 aliphatic heterocycles. The zero-order chi connectivity index (χ0) is 15.0. The van der Waals surface area contributed by atoms with Crippen molar-refractivity contribution in [1.82, 2.24) is 5.48 Å².